The van der Waals surface area contributed by atoms with Gasteiger partial charge in [-0.3, -0.25) is 0 Å². The van der Waals surface area contributed by atoms with Crippen molar-refractivity contribution >= 4 is 11.9 Å². The topological polar surface area (TPSA) is 79.5 Å². The van der Waals surface area contributed by atoms with Gasteiger partial charge in [0.05, 0.1) is 5.56 Å². The van der Waals surface area contributed by atoms with Crippen molar-refractivity contribution in [3.05, 3.63) is 29.8 Å². The molecule has 0 unspecified atom stereocenters. The van der Waals surface area contributed by atoms with E-state index in [2.05, 4.69) is 10.1 Å². The van der Waals surface area contributed by atoms with Crippen LogP contribution < -0.4 is 4.90 Å². The number of benzene rings is 1. The Morgan fingerprint density at radius 3 is 2.42 bits per heavy atom. The molecule has 0 saturated heterocycles. The molecule has 0 amide bonds. The smallest absolute Gasteiger partial charge is 0.335 e. The summed E-state index contributed by atoms with van der Waals surface area (Å²) in [6, 6.07) is 6.34. The van der Waals surface area contributed by atoms with Crippen LogP contribution in [0.15, 0.2) is 28.8 Å². The third-order valence-corrected chi connectivity index (χ3v) is 2.84. The monoisotopic (exact) mass is 261 g/mol. The highest BCUT2D eigenvalue weighted by Crippen LogP contribution is 2.20. The van der Waals surface area contributed by atoms with Crippen LogP contribution in [0.1, 0.15) is 24.2 Å². The molecular formula is C13H15N3O3. The molecule has 1 N–H and O–H groups in total. The average Bonchev–Trinajstić information content (AvgIpc) is 2.90. The van der Waals surface area contributed by atoms with Crippen molar-refractivity contribution < 1.29 is 14.4 Å². The van der Waals surface area contributed by atoms with Gasteiger partial charge in [0.1, 0.15) is 0 Å². The number of carbonyl (C=O) groups is 1. The van der Waals surface area contributed by atoms with Crippen LogP contribution in [0.2, 0.25) is 0 Å². The molecule has 0 aliphatic rings. The van der Waals surface area contributed by atoms with E-state index in [1.165, 1.54) is 12.1 Å². The second-order valence-electron chi connectivity index (χ2n) is 3.95. The molecule has 0 radical (unpaired) electrons. The number of carboxylic acids is 1. The summed E-state index contributed by atoms with van der Waals surface area (Å²) in [4.78, 5) is 17.0. The Morgan fingerprint density at radius 2 is 1.89 bits per heavy atom. The Hall–Kier alpha value is -2.37. The summed E-state index contributed by atoms with van der Waals surface area (Å²) in [7, 11) is 0. The van der Waals surface area contributed by atoms with E-state index in [0.29, 0.717) is 17.4 Å². The first-order valence-corrected chi connectivity index (χ1v) is 6.08. The lowest BCUT2D eigenvalue weighted by Crippen LogP contribution is -2.22. The van der Waals surface area contributed by atoms with Gasteiger partial charge in [-0.1, -0.05) is 0 Å². The Labute approximate surface area is 110 Å². The highest BCUT2D eigenvalue weighted by molar-refractivity contribution is 5.88. The molecule has 6 heteroatoms. The lowest BCUT2D eigenvalue weighted by Gasteiger charge is -2.14. The number of aromatic carboxylic acids is 1. The summed E-state index contributed by atoms with van der Waals surface area (Å²) in [6.45, 7) is 5.63. The summed E-state index contributed by atoms with van der Waals surface area (Å²) in [5, 5.41) is 12.7. The first-order valence-electron chi connectivity index (χ1n) is 6.08. The molecule has 0 bridgehead atoms. The number of carboxylic acid groups (broad SMARTS) is 1. The van der Waals surface area contributed by atoms with Crippen molar-refractivity contribution in [1.29, 1.82) is 0 Å². The van der Waals surface area contributed by atoms with Crippen molar-refractivity contribution in [1.82, 2.24) is 10.1 Å². The fourth-order valence-electron chi connectivity index (χ4n) is 1.72. The first-order chi connectivity index (χ1) is 9.15. The van der Waals surface area contributed by atoms with E-state index in [9.17, 15) is 4.79 Å². The molecule has 100 valence electrons. The van der Waals surface area contributed by atoms with Crippen molar-refractivity contribution in [2.75, 3.05) is 18.0 Å². The van der Waals surface area contributed by atoms with Gasteiger partial charge in [0.2, 0.25) is 0 Å². The number of rotatable bonds is 5. The zero-order chi connectivity index (χ0) is 13.8. The number of aromatic nitrogens is 2. The molecule has 19 heavy (non-hydrogen) atoms. The minimum atomic E-state index is -0.957. The minimum Gasteiger partial charge on any atom is -0.478 e. The molecule has 1 heterocycles. The molecular weight excluding hydrogens is 246 g/mol. The van der Waals surface area contributed by atoms with Gasteiger partial charge in [0.25, 0.3) is 11.8 Å². The van der Waals surface area contributed by atoms with Gasteiger partial charge in [-0.05, 0) is 43.3 Å². The van der Waals surface area contributed by atoms with Crippen LogP contribution in [0.4, 0.5) is 5.95 Å². The number of anilines is 1. The third kappa shape index (κ3) is 2.73. The minimum absolute atomic E-state index is 0.229. The fraction of sp³-hybridized carbons (Fsp3) is 0.308. The maximum atomic E-state index is 10.8. The van der Waals surface area contributed by atoms with E-state index in [1.807, 2.05) is 18.7 Å². The van der Waals surface area contributed by atoms with E-state index in [4.69, 9.17) is 9.63 Å². The van der Waals surface area contributed by atoms with Gasteiger partial charge in [-0.15, -0.1) is 0 Å². The predicted molar refractivity (Wildman–Crippen MR) is 70.3 cm³/mol. The van der Waals surface area contributed by atoms with Gasteiger partial charge < -0.3 is 14.5 Å². The van der Waals surface area contributed by atoms with Crippen molar-refractivity contribution in [2.45, 2.75) is 13.8 Å². The SMILES string of the molecule is CCN(CC)c1noc(-c2ccc(C(=O)O)cc2)n1. The number of hydrogen-bond acceptors (Lipinski definition) is 5. The van der Waals surface area contributed by atoms with Crippen molar-refractivity contribution in [3.8, 4) is 11.5 Å². The zero-order valence-corrected chi connectivity index (χ0v) is 10.8. The van der Waals surface area contributed by atoms with E-state index in [-0.39, 0.29) is 5.56 Å². The van der Waals surface area contributed by atoms with Crippen LogP contribution >= 0.6 is 0 Å². The molecule has 0 saturated carbocycles. The summed E-state index contributed by atoms with van der Waals surface area (Å²) in [6.07, 6.45) is 0. The molecule has 6 nitrogen and oxygen atoms in total. The summed E-state index contributed by atoms with van der Waals surface area (Å²) in [5.74, 6) is -0.0259. The zero-order valence-electron chi connectivity index (χ0n) is 10.8. The lowest BCUT2D eigenvalue weighted by atomic mass is 10.1. The highest BCUT2D eigenvalue weighted by Gasteiger charge is 2.13. The van der Waals surface area contributed by atoms with Crippen LogP contribution in [0.5, 0.6) is 0 Å². The van der Waals surface area contributed by atoms with Gasteiger partial charge in [0, 0.05) is 18.7 Å². The molecule has 2 rings (SSSR count). The van der Waals surface area contributed by atoms with Crippen LogP contribution in [0.3, 0.4) is 0 Å². The normalized spacial score (nSPS) is 10.4. The van der Waals surface area contributed by atoms with E-state index in [1.54, 1.807) is 12.1 Å². The molecule has 2 aromatic rings. The van der Waals surface area contributed by atoms with Crippen LogP contribution in [-0.2, 0) is 0 Å². The molecule has 1 aromatic carbocycles. The maximum absolute atomic E-state index is 10.8. The van der Waals surface area contributed by atoms with Crippen molar-refractivity contribution in [2.24, 2.45) is 0 Å². The van der Waals surface area contributed by atoms with E-state index in [0.717, 1.165) is 13.1 Å². The second kappa shape index (κ2) is 5.51. The Bertz CT molecular complexity index is 559. The largest absolute Gasteiger partial charge is 0.478 e. The van der Waals surface area contributed by atoms with Gasteiger partial charge in [0.15, 0.2) is 0 Å². The quantitative estimate of drug-likeness (QED) is 0.889. The average molecular weight is 261 g/mol. The van der Waals surface area contributed by atoms with E-state index >= 15 is 0 Å². The van der Waals surface area contributed by atoms with Crippen LogP contribution in [0.25, 0.3) is 11.5 Å². The highest BCUT2D eigenvalue weighted by atomic mass is 16.5. The third-order valence-electron chi connectivity index (χ3n) is 2.84. The summed E-state index contributed by atoms with van der Waals surface area (Å²) in [5.41, 5.74) is 0.933. The van der Waals surface area contributed by atoms with Gasteiger partial charge in [-0.2, -0.15) is 4.98 Å². The van der Waals surface area contributed by atoms with Crippen molar-refractivity contribution in [3.63, 3.8) is 0 Å². The molecule has 0 atom stereocenters. The van der Waals surface area contributed by atoms with Crippen LogP contribution in [-0.4, -0.2) is 34.3 Å². The van der Waals surface area contributed by atoms with Gasteiger partial charge in [-0.25, -0.2) is 4.79 Å². The summed E-state index contributed by atoms with van der Waals surface area (Å²) < 4.78 is 5.19. The molecule has 0 aliphatic carbocycles. The standard InChI is InChI=1S/C13H15N3O3/c1-3-16(4-2)13-14-11(19-15-13)9-5-7-10(8-6-9)12(17)18/h5-8H,3-4H2,1-2H3,(H,17,18). The second-order valence-corrected chi connectivity index (χ2v) is 3.95. The van der Waals surface area contributed by atoms with Crippen LogP contribution in [0, 0.1) is 0 Å². The Balaban J connectivity index is 2.25. The summed E-state index contributed by atoms with van der Waals surface area (Å²) >= 11 is 0. The molecule has 0 aliphatic heterocycles. The molecule has 1 aromatic heterocycles. The Kier molecular flexibility index (Phi) is 3.79. The maximum Gasteiger partial charge on any atom is 0.335 e. The predicted octanol–water partition coefficient (Wildman–Crippen LogP) is 2.28. The van der Waals surface area contributed by atoms with Gasteiger partial charge >= 0.3 is 5.97 Å². The molecule has 0 spiro atoms. The fourth-order valence-corrected chi connectivity index (χ4v) is 1.72. The van der Waals surface area contributed by atoms with E-state index < -0.39 is 5.97 Å². The Morgan fingerprint density at radius 1 is 1.26 bits per heavy atom. The first kappa shape index (κ1) is 13.1. The number of nitrogens with zero attached hydrogens (tertiary/aromatic N) is 3. The number of hydrogen-bond donors (Lipinski definition) is 1. The lowest BCUT2D eigenvalue weighted by molar-refractivity contribution is 0.0697. The molecule has 0 fully saturated rings.